The fraction of sp³-hybridized carbons (Fsp3) is 0.0769. The Balaban J connectivity index is 2.50. The molecule has 0 spiro atoms. The average molecular weight is 254 g/mol. The first-order chi connectivity index (χ1) is 8.11. The third-order valence-corrected chi connectivity index (χ3v) is 2.83. The van der Waals surface area contributed by atoms with Crippen LogP contribution in [0.1, 0.15) is 5.56 Å². The maximum absolute atomic E-state index is 13.5. The number of rotatable bonds is 2. The Labute approximate surface area is 103 Å². The van der Waals surface area contributed by atoms with Gasteiger partial charge in [0.05, 0.1) is 5.02 Å². The Morgan fingerprint density at radius 3 is 2.41 bits per heavy atom. The fourth-order valence-electron chi connectivity index (χ4n) is 1.60. The van der Waals surface area contributed by atoms with Gasteiger partial charge in [0.25, 0.3) is 0 Å². The standard InChI is InChI=1S/C13H10ClF2N/c14-12-6-10(15)3-4-11(12)8-1-2-9(7-17)13(16)5-8/h1-6H,7,17H2. The van der Waals surface area contributed by atoms with Crippen molar-refractivity contribution in [2.24, 2.45) is 5.73 Å². The van der Waals surface area contributed by atoms with Gasteiger partial charge in [-0.25, -0.2) is 8.78 Å². The van der Waals surface area contributed by atoms with Gasteiger partial charge in [0.2, 0.25) is 0 Å². The molecule has 0 saturated carbocycles. The minimum atomic E-state index is -0.419. The summed E-state index contributed by atoms with van der Waals surface area (Å²) in [5, 5.41) is 0.255. The third-order valence-electron chi connectivity index (χ3n) is 2.52. The van der Waals surface area contributed by atoms with Gasteiger partial charge in [-0.05, 0) is 29.8 Å². The molecule has 1 nitrogen and oxygen atoms in total. The molecule has 0 aliphatic rings. The second-order valence-corrected chi connectivity index (χ2v) is 4.04. The van der Waals surface area contributed by atoms with Crippen molar-refractivity contribution in [3.05, 3.63) is 58.6 Å². The summed E-state index contributed by atoms with van der Waals surface area (Å²) in [6, 6.07) is 8.67. The van der Waals surface area contributed by atoms with Gasteiger partial charge in [-0.15, -0.1) is 0 Å². The van der Waals surface area contributed by atoms with Crippen molar-refractivity contribution < 1.29 is 8.78 Å². The summed E-state index contributed by atoms with van der Waals surface area (Å²) in [6.07, 6.45) is 0. The molecule has 0 atom stereocenters. The molecule has 2 aromatic rings. The van der Waals surface area contributed by atoms with Gasteiger partial charge < -0.3 is 5.73 Å². The molecule has 4 heteroatoms. The molecule has 2 rings (SSSR count). The highest BCUT2D eigenvalue weighted by atomic mass is 35.5. The SMILES string of the molecule is NCc1ccc(-c2ccc(F)cc2Cl)cc1F. The molecule has 0 saturated heterocycles. The van der Waals surface area contributed by atoms with E-state index in [9.17, 15) is 8.78 Å². The highest BCUT2D eigenvalue weighted by Gasteiger charge is 2.07. The Kier molecular flexibility index (Phi) is 3.41. The lowest BCUT2D eigenvalue weighted by atomic mass is 10.0. The van der Waals surface area contributed by atoms with E-state index in [4.69, 9.17) is 17.3 Å². The molecule has 88 valence electrons. The molecule has 0 fully saturated rings. The Bertz CT molecular complexity index is 555. The average Bonchev–Trinajstić information content (AvgIpc) is 2.29. The molecule has 0 aliphatic carbocycles. The topological polar surface area (TPSA) is 26.0 Å². The first-order valence-corrected chi connectivity index (χ1v) is 5.43. The summed E-state index contributed by atoms with van der Waals surface area (Å²) in [4.78, 5) is 0. The number of halogens is 3. The number of benzene rings is 2. The molecule has 0 aliphatic heterocycles. The first-order valence-electron chi connectivity index (χ1n) is 5.05. The van der Waals surface area contributed by atoms with Crippen LogP contribution in [0.25, 0.3) is 11.1 Å². The lowest BCUT2D eigenvalue weighted by Crippen LogP contribution is -1.99. The van der Waals surface area contributed by atoms with Crippen molar-refractivity contribution in [2.75, 3.05) is 0 Å². The van der Waals surface area contributed by atoms with E-state index in [-0.39, 0.29) is 17.4 Å². The molecule has 0 bridgehead atoms. The fourth-order valence-corrected chi connectivity index (χ4v) is 1.88. The van der Waals surface area contributed by atoms with Gasteiger partial charge in [0, 0.05) is 17.7 Å². The molecule has 2 N–H and O–H groups in total. The van der Waals surface area contributed by atoms with E-state index < -0.39 is 5.82 Å². The molecule has 2 aromatic carbocycles. The van der Waals surface area contributed by atoms with Crippen molar-refractivity contribution in [3.63, 3.8) is 0 Å². The van der Waals surface area contributed by atoms with Gasteiger partial charge in [0.15, 0.2) is 0 Å². The summed E-state index contributed by atoms with van der Waals surface area (Å²) in [5.41, 5.74) is 7.01. The predicted octanol–water partition coefficient (Wildman–Crippen LogP) is 3.74. The highest BCUT2D eigenvalue weighted by molar-refractivity contribution is 6.33. The maximum Gasteiger partial charge on any atom is 0.128 e. The zero-order chi connectivity index (χ0) is 12.4. The van der Waals surface area contributed by atoms with E-state index in [1.54, 1.807) is 12.1 Å². The van der Waals surface area contributed by atoms with E-state index in [1.807, 2.05) is 0 Å². The molecule has 0 radical (unpaired) electrons. The van der Waals surface area contributed by atoms with Gasteiger partial charge in [-0.3, -0.25) is 0 Å². The monoisotopic (exact) mass is 253 g/mol. The van der Waals surface area contributed by atoms with Gasteiger partial charge in [0.1, 0.15) is 11.6 Å². The second kappa shape index (κ2) is 4.82. The zero-order valence-corrected chi connectivity index (χ0v) is 9.64. The predicted molar refractivity (Wildman–Crippen MR) is 64.7 cm³/mol. The van der Waals surface area contributed by atoms with Gasteiger partial charge in [-0.2, -0.15) is 0 Å². The molecule has 0 unspecified atom stereocenters. The largest absolute Gasteiger partial charge is 0.326 e. The van der Waals surface area contributed by atoms with E-state index in [0.29, 0.717) is 16.7 Å². The summed E-state index contributed by atoms with van der Waals surface area (Å²) < 4.78 is 26.4. The van der Waals surface area contributed by atoms with Crippen LogP contribution >= 0.6 is 11.6 Å². The number of hydrogen-bond acceptors (Lipinski definition) is 1. The van der Waals surface area contributed by atoms with E-state index in [0.717, 1.165) is 0 Å². The molecular formula is C13H10ClF2N. The van der Waals surface area contributed by atoms with Crippen molar-refractivity contribution in [3.8, 4) is 11.1 Å². The second-order valence-electron chi connectivity index (χ2n) is 3.63. The van der Waals surface area contributed by atoms with Gasteiger partial charge >= 0.3 is 0 Å². The van der Waals surface area contributed by atoms with E-state index >= 15 is 0 Å². The van der Waals surface area contributed by atoms with Crippen LogP contribution in [0, 0.1) is 11.6 Å². The molecule has 0 aromatic heterocycles. The Morgan fingerprint density at radius 1 is 1.06 bits per heavy atom. The van der Waals surface area contributed by atoms with Crippen LogP contribution in [0.4, 0.5) is 8.78 Å². The third kappa shape index (κ3) is 2.46. The zero-order valence-electron chi connectivity index (χ0n) is 8.88. The number of nitrogens with two attached hydrogens (primary N) is 1. The Morgan fingerprint density at radius 2 is 1.82 bits per heavy atom. The highest BCUT2D eigenvalue weighted by Crippen LogP contribution is 2.29. The number of hydrogen-bond donors (Lipinski definition) is 1. The van der Waals surface area contributed by atoms with Gasteiger partial charge in [-0.1, -0.05) is 23.7 Å². The lowest BCUT2D eigenvalue weighted by Gasteiger charge is -2.07. The molecule has 0 heterocycles. The van der Waals surface area contributed by atoms with Crippen LogP contribution in [0.15, 0.2) is 36.4 Å². The van der Waals surface area contributed by atoms with Crippen molar-refractivity contribution in [1.82, 2.24) is 0 Å². The molecule has 0 amide bonds. The van der Waals surface area contributed by atoms with Crippen LogP contribution < -0.4 is 5.73 Å². The smallest absolute Gasteiger partial charge is 0.128 e. The van der Waals surface area contributed by atoms with E-state index in [2.05, 4.69) is 0 Å². The van der Waals surface area contributed by atoms with Crippen LogP contribution in [0.3, 0.4) is 0 Å². The summed E-state index contributed by atoms with van der Waals surface area (Å²) in [5.74, 6) is -0.803. The minimum Gasteiger partial charge on any atom is -0.326 e. The lowest BCUT2D eigenvalue weighted by molar-refractivity contribution is 0.611. The molecule has 17 heavy (non-hydrogen) atoms. The summed E-state index contributed by atoms with van der Waals surface area (Å²) in [6.45, 7) is 0.142. The van der Waals surface area contributed by atoms with Crippen LogP contribution in [-0.2, 0) is 6.54 Å². The van der Waals surface area contributed by atoms with Crippen LogP contribution in [-0.4, -0.2) is 0 Å². The maximum atomic E-state index is 13.5. The quantitative estimate of drug-likeness (QED) is 0.867. The first kappa shape index (κ1) is 12.0. The van der Waals surface area contributed by atoms with Crippen LogP contribution in [0.5, 0.6) is 0 Å². The summed E-state index contributed by atoms with van der Waals surface area (Å²) >= 11 is 5.90. The molecular weight excluding hydrogens is 244 g/mol. The normalized spacial score (nSPS) is 10.6. The van der Waals surface area contributed by atoms with Crippen molar-refractivity contribution in [1.29, 1.82) is 0 Å². The summed E-state index contributed by atoms with van der Waals surface area (Å²) in [7, 11) is 0. The van der Waals surface area contributed by atoms with E-state index in [1.165, 1.54) is 24.3 Å². The minimum absolute atomic E-state index is 0.142. The van der Waals surface area contributed by atoms with Crippen LogP contribution in [0.2, 0.25) is 5.02 Å². The Hall–Kier alpha value is -1.45. The van der Waals surface area contributed by atoms with Crippen molar-refractivity contribution >= 4 is 11.6 Å². The van der Waals surface area contributed by atoms with Crippen molar-refractivity contribution in [2.45, 2.75) is 6.54 Å².